The van der Waals surface area contributed by atoms with Crippen LogP contribution in [-0.4, -0.2) is 60.9 Å². The van der Waals surface area contributed by atoms with Crippen molar-refractivity contribution in [2.45, 2.75) is 26.7 Å². The standard InChI is InChI=1S/C19H28ClN3O2/c1-3-22(4-2)14-11-21-18(24)15-9-12-23(13-10-15)19(25)16-5-7-17(20)8-6-16/h5-8,15H,3-4,9-14H2,1-2H3,(H,21,24). The Labute approximate surface area is 155 Å². The molecule has 1 saturated heterocycles. The number of hydrogen-bond donors (Lipinski definition) is 1. The van der Waals surface area contributed by atoms with E-state index in [2.05, 4.69) is 24.1 Å². The number of hydrogen-bond acceptors (Lipinski definition) is 3. The van der Waals surface area contributed by atoms with Gasteiger partial charge in [0.25, 0.3) is 5.91 Å². The van der Waals surface area contributed by atoms with E-state index in [1.165, 1.54) is 0 Å². The molecule has 1 aromatic rings. The summed E-state index contributed by atoms with van der Waals surface area (Å²) >= 11 is 5.86. The lowest BCUT2D eigenvalue weighted by molar-refractivity contribution is -0.126. The Morgan fingerprint density at radius 2 is 1.76 bits per heavy atom. The lowest BCUT2D eigenvalue weighted by Gasteiger charge is -2.31. The fourth-order valence-electron chi connectivity index (χ4n) is 3.14. The largest absolute Gasteiger partial charge is 0.355 e. The lowest BCUT2D eigenvalue weighted by atomic mass is 9.95. The molecule has 0 bridgehead atoms. The number of piperidine rings is 1. The average Bonchev–Trinajstić information content (AvgIpc) is 2.65. The van der Waals surface area contributed by atoms with Crippen molar-refractivity contribution in [2.75, 3.05) is 39.3 Å². The van der Waals surface area contributed by atoms with Crippen LogP contribution >= 0.6 is 11.6 Å². The van der Waals surface area contributed by atoms with Crippen molar-refractivity contribution < 1.29 is 9.59 Å². The van der Waals surface area contributed by atoms with Gasteiger partial charge < -0.3 is 15.1 Å². The van der Waals surface area contributed by atoms with Crippen LogP contribution < -0.4 is 5.32 Å². The summed E-state index contributed by atoms with van der Waals surface area (Å²) in [6.45, 7) is 9.05. The van der Waals surface area contributed by atoms with Gasteiger partial charge in [-0.3, -0.25) is 9.59 Å². The first-order valence-electron chi connectivity index (χ1n) is 9.10. The van der Waals surface area contributed by atoms with Crippen LogP contribution in [0.2, 0.25) is 5.02 Å². The summed E-state index contributed by atoms with van der Waals surface area (Å²) < 4.78 is 0. The summed E-state index contributed by atoms with van der Waals surface area (Å²) in [6.07, 6.45) is 1.44. The van der Waals surface area contributed by atoms with E-state index in [1.54, 1.807) is 24.3 Å². The van der Waals surface area contributed by atoms with Crippen molar-refractivity contribution in [1.82, 2.24) is 15.1 Å². The van der Waals surface area contributed by atoms with Gasteiger partial charge in [0.1, 0.15) is 0 Å². The van der Waals surface area contributed by atoms with E-state index >= 15 is 0 Å². The van der Waals surface area contributed by atoms with Crippen molar-refractivity contribution in [3.05, 3.63) is 34.9 Å². The second-order valence-corrected chi connectivity index (χ2v) is 6.83. The van der Waals surface area contributed by atoms with Gasteiger partial charge in [0, 0.05) is 42.7 Å². The number of likely N-dealkylation sites (tertiary alicyclic amines) is 1. The van der Waals surface area contributed by atoms with Crippen LogP contribution in [0.15, 0.2) is 24.3 Å². The van der Waals surface area contributed by atoms with Gasteiger partial charge in [0.2, 0.25) is 5.91 Å². The Hall–Kier alpha value is -1.59. The molecule has 0 spiro atoms. The number of nitrogens with one attached hydrogen (secondary N) is 1. The smallest absolute Gasteiger partial charge is 0.253 e. The van der Waals surface area contributed by atoms with E-state index < -0.39 is 0 Å². The van der Waals surface area contributed by atoms with E-state index in [1.807, 2.05) is 4.90 Å². The summed E-state index contributed by atoms with van der Waals surface area (Å²) in [5.74, 6) is 0.133. The van der Waals surface area contributed by atoms with Crippen molar-refractivity contribution in [3.63, 3.8) is 0 Å². The molecule has 25 heavy (non-hydrogen) atoms. The molecule has 0 atom stereocenters. The molecule has 2 amide bonds. The van der Waals surface area contributed by atoms with Crippen LogP contribution in [0.25, 0.3) is 0 Å². The molecule has 1 fully saturated rings. The zero-order valence-electron chi connectivity index (χ0n) is 15.1. The zero-order chi connectivity index (χ0) is 18.2. The number of amides is 2. The van der Waals surface area contributed by atoms with Gasteiger partial charge >= 0.3 is 0 Å². The van der Waals surface area contributed by atoms with Crippen LogP contribution in [0.3, 0.4) is 0 Å². The maximum absolute atomic E-state index is 12.5. The summed E-state index contributed by atoms with van der Waals surface area (Å²) in [6, 6.07) is 6.95. The van der Waals surface area contributed by atoms with E-state index in [-0.39, 0.29) is 17.7 Å². The normalized spacial score (nSPS) is 15.4. The first-order chi connectivity index (χ1) is 12.0. The third-order valence-corrected chi connectivity index (χ3v) is 5.12. The first kappa shape index (κ1) is 19.7. The molecular weight excluding hydrogens is 338 g/mol. The molecule has 0 aromatic heterocycles. The van der Waals surface area contributed by atoms with Crippen molar-refractivity contribution in [3.8, 4) is 0 Å². The predicted octanol–water partition coefficient (Wildman–Crippen LogP) is 2.65. The SMILES string of the molecule is CCN(CC)CCNC(=O)C1CCN(C(=O)c2ccc(Cl)cc2)CC1. The minimum Gasteiger partial charge on any atom is -0.355 e. The molecule has 0 radical (unpaired) electrons. The van der Waals surface area contributed by atoms with Gasteiger partial charge in [-0.25, -0.2) is 0 Å². The van der Waals surface area contributed by atoms with Crippen LogP contribution in [-0.2, 0) is 4.79 Å². The van der Waals surface area contributed by atoms with E-state index in [0.717, 1.165) is 32.5 Å². The molecule has 2 rings (SSSR count). The highest BCUT2D eigenvalue weighted by molar-refractivity contribution is 6.30. The molecule has 1 aliphatic rings. The molecule has 0 saturated carbocycles. The average molecular weight is 366 g/mol. The molecule has 138 valence electrons. The van der Waals surface area contributed by atoms with Crippen LogP contribution in [0, 0.1) is 5.92 Å². The summed E-state index contributed by atoms with van der Waals surface area (Å²) in [7, 11) is 0. The molecule has 6 heteroatoms. The highest BCUT2D eigenvalue weighted by Crippen LogP contribution is 2.20. The number of rotatable bonds is 7. The first-order valence-corrected chi connectivity index (χ1v) is 9.47. The number of halogens is 1. The molecule has 0 unspecified atom stereocenters. The van der Waals surface area contributed by atoms with E-state index in [4.69, 9.17) is 11.6 Å². The Bertz CT molecular complexity index is 565. The second-order valence-electron chi connectivity index (χ2n) is 6.39. The Morgan fingerprint density at radius 3 is 2.32 bits per heavy atom. The number of carbonyl (C=O) groups is 2. The fraction of sp³-hybridized carbons (Fsp3) is 0.579. The molecule has 0 aliphatic carbocycles. The Balaban J connectivity index is 1.76. The highest BCUT2D eigenvalue weighted by atomic mass is 35.5. The minimum atomic E-state index is 0.00553. The molecule has 1 heterocycles. The van der Waals surface area contributed by atoms with Gasteiger partial charge in [-0.1, -0.05) is 25.4 Å². The Kier molecular flexibility index (Phi) is 7.72. The molecular formula is C19H28ClN3O2. The zero-order valence-corrected chi connectivity index (χ0v) is 15.9. The third-order valence-electron chi connectivity index (χ3n) is 4.87. The molecule has 1 N–H and O–H groups in total. The second kappa shape index (κ2) is 9.78. The molecule has 1 aliphatic heterocycles. The van der Waals surface area contributed by atoms with Gasteiger partial charge in [0.05, 0.1) is 0 Å². The molecule has 1 aromatic carbocycles. The maximum atomic E-state index is 12.5. The number of carbonyl (C=O) groups excluding carboxylic acids is 2. The van der Waals surface area contributed by atoms with Crippen molar-refractivity contribution in [2.24, 2.45) is 5.92 Å². The van der Waals surface area contributed by atoms with Crippen LogP contribution in [0.5, 0.6) is 0 Å². The van der Waals surface area contributed by atoms with E-state index in [0.29, 0.717) is 30.2 Å². The lowest BCUT2D eigenvalue weighted by Crippen LogP contribution is -2.44. The highest BCUT2D eigenvalue weighted by Gasteiger charge is 2.27. The summed E-state index contributed by atoms with van der Waals surface area (Å²) in [5, 5.41) is 3.66. The van der Waals surface area contributed by atoms with Crippen LogP contribution in [0.4, 0.5) is 0 Å². The van der Waals surface area contributed by atoms with Gasteiger partial charge in [0.15, 0.2) is 0 Å². The number of likely N-dealkylation sites (N-methyl/N-ethyl adjacent to an activating group) is 1. The van der Waals surface area contributed by atoms with Gasteiger partial charge in [-0.05, 0) is 50.2 Å². The van der Waals surface area contributed by atoms with Gasteiger partial charge in [-0.2, -0.15) is 0 Å². The van der Waals surface area contributed by atoms with E-state index in [9.17, 15) is 9.59 Å². The van der Waals surface area contributed by atoms with Crippen LogP contribution in [0.1, 0.15) is 37.0 Å². The maximum Gasteiger partial charge on any atom is 0.253 e. The predicted molar refractivity (Wildman–Crippen MR) is 101 cm³/mol. The quantitative estimate of drug-likeness (QED) is 0.808. The Morgan fingerprint density at radius 1 is 1.16 bits per heavy atom. The van der Waals surface area contributed by atoms with Crippen molar-refractivity contribution >= 4 is 23.4 Å². The topological polar surface area (TPSA) is 52.7 Å². The van der Waals surface area contributed by atoms with Crippen molar-refractivity contribution in [1.29, 1.82) is 0 Å². The number of benzene rings is 1. The summed E-state index contributed by atoms with van der Waals surface area (Å²) in [5.41, 5.74) is 0.645. The number of nitrogens with zero attached hydrogens (tertiary/aromatic N) is 2. The molecule has 5 nitrogen and oxygen atoms in total. The van der Waals surface area contributed by atoms with Gasteiger partial charge in [-0.15, -0.1) is 0 Å². The third kappa shape index (κ3) is 5.72. The monoisotopic (exact) mass is 365 g/mol. The fourth-order valence-corrected chi connectivity index (χ4v) is 3.27. The minimum absolute atomic E-state index is 0.00553. The summed E-state index contributed by atoms with van der Waals surface area (Å²) in [4.78, 5) is 28.9.